The van der Waals surface area contributed by atoms with Gasteiger partial charge in [0, 0.05) is 46.2 Å². The summed E-state index contributed by atoms with van der Waals surface area (Å²) in [4.78, 5) is 37.3. The van der Waals surface area contributed by atoms with E-state index in [0.29, 0.717) is 11.2 Å². The van der Waals surface area contributed by atoms with Gasteiger partial charge in [-0.3, -0.25) is 14.2 Å². The van der Waals surface area contributed by atoms with Gasteiger partial charge in [-0.1, -0.05) is 18.2 Å². The molecule has 1 aliphatic heterocycles. The predicted octanol–water partition coefficient (Wildman–Crippen LogP) is 2.01. The van der Waals surface area contributed by atoms with Crippen molar-refractivity contribution in [2.45, 2.75) is 43.6 Å². The Kier molecular flexibility index (Phi) is 7.89. The molecule has 2 aromatic heterocycles. The van der Waals surface area contributed by atoms with Crippen LogP contribution in [0.5, 0.6) is 0 Å². The zero-order valence-corrected chi connectivity index (χ0v) is 21.8. The van der Waals surface area contributed by atoms with Crippen molar-refractivity contribution in [3.05, 3.63) is 63.5 Å². The molecule has 0 unspecified atom stereocenters. The summed E-state index contributed by atoms with van der Waals surface area (Å²) >= 11 is 0. The smallest absolute Gasteiger partial charge is 0.266 e. The van der Waals surface area contributed by atoms with Gasteiger partial charge in [-0.2, -0.15) is 0 Å². The number of ether oxygens (including phenoxy) is 1. The zero-order chi connectivity index (χ0) is 28.7. The molecule has 3 aromatic rings. The Balaban J connectivity index is 1.83. The van der Waals surface area contributed by atoms with Gasteiger partial charge in [-0.15, -0.1) is 0 Å². The number of rotatable bonds is 7. The van der Waals surface area contributed by atoms with Gasteiger partial charge in [0.05, 0.1) is 45.7 Å². The maximum atomic E-state index is 14.8. The van der Waals surface area contributed by atoms with Crippen LogP contribution in [0.15, 0.2) is 35.4 Å². The number of halogens is 3. The number of aryl methyl sites for hydroxylation is 1. The summed E-state index contributed by atoms with van der Waals surface area (Å²) < 4.78 is 48.5. The molecule has 1 aromatic carbocycles. The molecule has 1 aliphatic rings. The molecule has 0 N–H and O–H groups in total. The van der Waals surface area contributed by atoms with E-state index in [1.165, 1.54) is 37.0 Å². The third-order valence-corrected chi connectivity index (χ3v) is 6.98. The Morgan fingerprint density at radius 3 is 2.49 bits per heavy atom. The number of hydrogen-bond donors (Lipinski definition) is 0. The second-order valence-electron chi connectivity index (χ2n) is 9.79. The van der Waals surface area contributed by atoms with Crippen LogP contribution < -0.4 is 10.5 Å². The fourth-order valence-corrected chi connectivity index (χ4v) is 5.06. The molecular weight excluding hydrogens is 508 g/mol. The first kappa shape index (κ1) is 28.7. The molecule has 14 heteroatoms. The highest BCUT2D eigenvalue weighted by Gasteiger charge is 2.43. The number of fused-ring (bicyclic) bond motifs is 1. The Bertz CT molecular complexity index is 1460. The summed E-state index contributed by atoms with van der Waals surface area (Å²) in [7, 11) is 20.6. The number of piperidine rings is 1. The van der Waals surface area contributed by atoms with Crippen LogP contribution in [0.1, 0.15) is 42.9 Å². The molecule has 0 bridgehead atoms. The number of carbonyl (C=O) groups is 1. The highest BCUT2D eigenvalue weighted by Crippen LogP contribution is 2.39. The lowest BCUT2D eigenvalue weighted by molar-refractivity contribution is -0.138. The molecule has 1 saturated heterocycles. The minimum Gasteiger partial charge on any atom is -0.391 e. The average molecular weight is 533 g/mol. The van der Waals surface area contributed by atoms with E-state index in [1.807, 2.05) is 0 Å². The molecule has 0 aliphatic carbocycles. The Morgan fingerprint density at radius 2 is 1.90 bits per heavy atom. The van der Waals surface area contributed by atoms with E-state index >= 15 is 0 Å². The van der Waals surface area contributed by atoms with Crippen molar-refractivity contribution in [2.75, 3.05) is 25.0 Å². The van der Waals surface area contributed by atoms with Crippen molar-refractivity contribution in [2.24, 2.45) is 7.05 Å². The highest BCUT2D eigenvalue weighted by molar-refractivity contribution is 6.58. The molecule has 39 heavy (non-hydrogen) atoms. The van der Waals surface area contributed by atoms with E-state index in [2.05, 4.69) is 9.97 Å². The van der Waals surface area contributed by atoms with Gasteiger partial charge in [0.15, 0.2) is 0 Å². The summed E-state index contributed by atoms with van der Waals surface area (Å²) in [5.74, 6) is -0.815. The van der Waals surface area contributed by atoms with Crippen LogP contribution >= 0.6 is 0 Å². The van der Waals surface area contributed by atoms with Crippen LogP contribution in [0, 0.1) is 5.82 Å². The number of amides is 1. The molecule has 6 radical (unpaired) electrons. The Hall–Kier alpha value is -3.28. The zero-order valence-electron chi connectivity index (χ0n) is 21.8. The molecule has 0 saturated carbocycles. The predicted molar refractivity (Wildman–Crippen MR) is 142 cm³/mol. The van der Waals surface area contributed by atoms with E-state index in [9.17, 15) is 22.8 Å². The monoisotopic (exact) mass is 533 g/mol. The van der Waals surface area contributed by atoms with Gasteiger partial charge in [-0.25, -0.2) is 23.1 Å². The number of likely N-dealkylation sites (tertiary alicyclic amines) is 1. The van der Waals surface area contributed by atoms with Crippen LogP contribution in [0.2, 0.25) is 0 Å². The molecule has 3 heterocycles. The van der Waals surface area contributed by atoms with Crippen LogP contribution in [0.3, 0.4) is 0 Å². The van der Waals surface area contributed by atoms with Gasteiger partial charge in [-0.05, 0) is 24.2 Å². The molecule has 1 amide bonds. The fraction of sp³-hybridized carbons (Fsp3) is 0.440. The first-order valence-corrected chi connectivity index (χ1v) is 12.2. The summed E-state index contributed by atoms with van der Waals surface area (Å²) in [6.45, 7) is 1.89. The third kappa shape index (κ3) is 5.71. The average Bonchev–Trinajstić information content (AvgIpc) is 2.86. The van der Waals surface area contributed by atoms with Crippen molar-refractivity contribution >= 4 is 46.3 Å². The van der Waals surface area contributed by atoms with Gasteiger partial charge in [0.2, 0.25) is 5.91 Å². The summed E-state index contributed by atoms with van der Waals surface area (Å²) in [6, 6.07) is 5.37. The first-order chi connectivity index (χ1) is 18.2. The molecular formula is C25H25B3F3N5O3. The van der Waals surface area contributed by atoms with Crippen LogP contribution in [-0.4, -0.2) is 74.3 Å². The minimum absolute atomic E-state index is 0.0442. The number of anilines is 1. The lowest BCUT2D eigenvalue weighted by Crippen LogP contribution is -2.53. The number of aromatic nitrogens is 3. The summed E-state index contributed by atoms with van der Waals surface area (Å²) in [6.07, 6.45) is -1.34. The topological polar surface area (TPSA) is 80.6 Å². The van der Waals surface area contributed by atoms with Crippen molar-refractivity contribution in [3.63, 3.8) is 0 Å². The van der Waals surface area contributed by atoms with Crippen LogP contribution in [0.4, 0.5) is 19.0 Å². The SMILES string of the molecule is [B]C([B])([B])OC1(c2cc3c(N(C)Cc4cccc(C(F)F)c4F)ncnc3n(C)c2=O)CCN(C(C)=O)CC1. The second kappa shape index (κ2) is 10.7. The molecule has 0 atom stereocenters. The maximum Gasteiger partial charge on any atom is 0.266 e. The first-order valence-electron chi connectivity index (χ1n) is 12.2. The highest BCUT2D eigenvalue weighted by atomic mass is 19.3. The number of carbonyl (C=O) groups excluding carboxylic acids is 1. The van der Waals surface area contributed by atoms with Crippen LogP contribution in [0.25, 0.3) is 11.0 Å². The lowest BCUT2D eigenvalue weighted by atomic mass is 9.52. The number of hydrogen-bond acceptors (Lipinski definition) is 6. The van der Waals surface area contributed by atoms with Gasteiger partial charge >= 0.3 is 0 Å². The molecule has 0 spiro atoms. The number of alkyl halides is 2. The van der Waals surface area contributed by atoms with E-state index in [0.717, 1.165) is 6.07 Å². The largest absolute Gasteiger partial charge is 0.391 e. The maximum absolute atomic E-state index is 14.8. The number of nitrogens with zero attached hydrogens (tertiary/aromatic N) is 5. The Labute approximate surface area is 227 Å². The van der Waals surface area contributed by atoms with Crippen molar-refractivity contribution < 1.29 is 22.7 Å². The summed E-state index contributed by atoms with van der Waals surface area (Å²) in [5, 5.41) is -1.67. The van der Waals surface area contributed by atoms with Crippen LogP contribution in [-0.2, 0) is 28.7 Å². The lowest BCUT2D eigenvalue weighted by Gasteiger charge is -2.45. The molecule has 198 valence electrons. The van der Waals surface area contributed by atoms with Crippen molar-refractivity contribution in [1.82, 2.24) is 19.4 Å². The van der Waals surface area contributed by atoms with Gasteiger partial charge in [0.1, 0.15) is 23.6 Å². The van der Waals surface area contributed by atoms with E-state index in [1.54, 1.807) is 22.9 Å². The normalized spacial score (nSPS) is 15.6. The fourth-order valence-electron chi connectivity index (χ4n) is 5.06. The molecule has 4 rings (SSSR count). The van der Waals surface area contributed by atoms with E-state index < -0.39 is 34.3 Å². The Morgan fingerprint density at radius 1 is 1.23 bits per heavy atom. The number of benzene rings is 1. The van der Waals surface area contributed by atoms with Crippen molar-refractivity contribution in [1.29, 1.82) is 0 Å². The third-order valence-electron chi connectivity index (χ3n) is 6.98. The minimum atomic E-state index is -2.96. The second-order valence-corrected chi connectivity index (χ2v) is 9.79. The van der Waals surface area contributed by atoms with E-state index in [4.69, 9.17) is 28.3 Å². The van der Waals surface area contributed by atoms with Crippen molar-refractivity contribution in [3.8, 4) is 0 Å². The van der Waals surface area contributed by atoms with Gasteiger partial charge in [0.25, 0.3) is 12.0 Å². The number of pyridine rings is 1. The molecule has 1 fully saturated rings. The van der Waals surface area contributed by atoms with Gasteiger partial charge < -0.3 is 14.5 Å². The quantitative estimate of drug-likeness (QED) is 0.433. The molecule has 8 nitrogen and oxygen atoms in total. The standard InChI is InChI=1S/C25H25B3F3N5O3/c1-14(37)36-9-7-24(8-10-36,39-25(26,27)28)18-11-17-21(32-13-33-22(17)35(3)23(18)38)34(2)12-15-5-4-6-16(19(15)29)20(30)31/h4-6,11,13,20H,7-10,12H2,1-3H3. The van der Waals surface area contributed by atoms with E-state index in [-0.39, 0.29) is 55.2 Å². The summed E-state index contributed by atoms with van der Waals surface area (Å²) in [5.41, 5.74) is -1.96.